The van der Waals surface area contributed by atoms with Crippen LogP contribution in [0.1, 0.15) is 64.4 Å². The lowest BCUT2D eigenvalue weighted by Crippen LogP contribution is -2.44. The second-order valence-corrected chi connectivity index (χ2v) is 6.65. The van der Waals surface area contributed by atoms with Crippen LogP contribution in [0.15, 0.2) is 24.3 Å². The van der Waals surface area contributed by atoms with Crippen molar-refractivity contribution in [3.05, 3.63) is 29.8 Å². The van der Waals surface area contributed by atoms with E-state index in [1.165, 1.54) is 12.0 Å². The van der Waals surface area contributed by atoms with Crippen molar-refractivity contribution >= 4 is 17.5 Å². The topological polar surface area (TPSA) is 49.4 Å². The number of hydrogen-bond donors (Lipinski definition) is 1. The first kappa shape index (κ1) is 17.5. The van der Waals surface area contributed by atoms with Crippen LogP contribution in [0.3, 0.4) is 0 Å². The highest BCUT2D eigenvalue weighted by Crippen LogP contribution is 2.21. The summed E-state index contributed by atoms with van der Waals surface area (Å²) in [4.78, 5) is 26.4. The highest BCUT2D eigenvalue weighted by Gasteiger charge is 2.26. The van der Waals surface area contributed by atoms with Gasteiger partial charge in [-0.05, 0) is 49.3 Å². The van der Waals surface area contributed by atoms with Crippen LogP contribution in [0.5, 0.6) is 0 Å². The maximum absolute atomic E-state index is 12.4. The van der Waals surface area contributed by atoms with Gasteiger partial charge in [0.25, 0.3) is 0 Å². The molecule has 0 spiro atoms. The van der Waals surface area contributed by atoms with Crippen molar-refractivity contribution in [1.82, 2.24) is 4.90 Å². The van der Waals surface area contributed by atoms with Crippen LogP contribution >= 0.6 is 0 Å². The Labute approximate surface area is 139 Å². The van der Waals surface area contributed by atoms with Crippen molar-refractivity contribution in [3.8, 4) is 0 Å². The molecule has 2 rings (SSSR count). The fourth-order valence-electron chi connectivity index (χ4n) is 3.15. The Morgan fingerprint density at radius 1 is 1.22 bits per heavy atom. The maximum atomic E-state index is 12.4. The molecule has 0 radical (unpaired) electrons. The van der Waals surface area contributed by atoms with Gasteiger partial charge in [-0.2, -0.15) is 0 Å². The minimum atomic E-state index is -0.229. The molecule has 0 aromatic heterocycles. The van der Waals surface area contributed by atoms with Gasteiger partial charge in [0.15, 0.2) is 0 Å². The molecule has 4 nitrogen and oxygen atoms in total. The van der Waals surface area contributed by atoms with E-state index in [-0.39, 0.29) is 18.2 Å². The van der Waals surface area contributed by atoms with Crippen molar-refractivity contribution in [2.75, 3.05) is 11.9 Å². The van der Waals surface area contributed by atoms with E-state index in [0.717, 1.165) is 31.5 Å². The van der Waals surface area contributed by atoms with E-state index >= 15 is 0 Å². The molecule has 1 unspecified atom stereocenters. The molecule has 0 aliphatic carbocycles. The molecule has 0 bridgehead atoms. The van der Waals surface area contributed by atoms with E-state index in [9.17, 15) is 9.59 Å². The highest BCUT2D eigenvalue weighted by atomic mass is 16.2. The molecule has 0 saturated carbocycles. The molecular weight excluding hydrogens is 288 g/mol. The summed E-state index contributed by atoms with van der Waals surface area (Å²) in [6.45, 7) is 7.16. The highest BCUT2D eigenvalue weighted by molar-refractivity contribution is 6.03. The van der Waals surface area contributed by atoms with Crippen LogP contribution in [-0.2, 0) is 9.59 Å². The molecule has 1 heterocycles. The number of rotatable bonds is 5. The lowest BCUT2D eigenvalue weighted by Gasteiger charge is -2.35. The van der Waals surface area contributed by atoms with Crippen LogP contribution in [0.4, 0.5) is 5.69 Å². The van der Waals surface area contributed by atoms with Gasteiger partial charge in [-0.25, -0.2) is 0 Å². The van der Waals surface area contributed by atoms with Crippen LogP contribution in [0, 0.1) is 0 Å². The molecule has 23 heavy (non-hydrogen) atoms. The molecule has 126 valence electrons. The number of benzene rings is 1. The zero-order chi connectivity index (χ0) is 16.8. The standard InChI is InChI=1S/C19H28N2O2/c1-4-17-7-5-6-12-21(17)19(23)13-18(22)20-16-10-8-15(9-11-16)14(2)3/h8-11,14,17H,4-7,12-13H2,1-3H3,(H,20,22). The zero-order valence-corrected chi connectivity index (χ0v) is 14.5. The first-order chi connectivity index (χ1) is 11.0. The molecule has 1 fully saturated rings. The van der Waals surface area contributed by atoms with Crippen LogP contribution in [0.2, 0.25) is 0 Å². The number of nitrogens with one attached hydrogen (secondary N) is 1. The van der Waals surface area contributed by atoms with Gasteiger partial charge in [0, 0.05) is 18.3 Å². The monoisotopic (exact) mass is 316 g/mol. The first-order valence-electron chi connectivity index (χ1n) is 8.70. The van der Waals surface area contributed by atoms with Gasteiger partial charge in [-0.3, -0.25) is 9.59 Å². The number of nitrogens with zero attached hydrogens (tertiary/aromatic N) is 1. The van der Waals surface area contributed by atoms with Crippen LogP contribution in [-0.4, -0.2) is 29.3 Å². The second-order valence-electron chi connectivity index (χ2n) is 6.65. The van der Waals surface area contributed by atoms with Gasteiger partial charge < -0.3 is 10.2 Å². The lowest BCUT2D eigenvalue weighted by atomic mass is 9.99. The Morgan fingerprint density at radius 2 is 1.91 bits per heavy atom. The fourth-order valence-corrected chi connectivity index (χ4v) is 3.15. The summed E-state index contributed by atoms with van der Waals surface area (Å²) in [5.74, 6) is 0.187. The maximum Gasteiger partial charge on any atom is 0.233 e. The average molecular weight is 316 g/mol. The quantitative estimate of drug-likeness (QED) is 0.837. The number of piperidine rings is 1. The Morgan fingerprint density at radius 3 is 2.52 bits per heavy atom. The summed E-state index contributed by atoms with van der Waals surface area (Å²) in [5, 5.41) is 2.82. The third kappa shape index (κ3) is 4.81. The lowest BCUT2D eigenvalue weighted by molar-refractivity contribution is -0.137. The van der Waals surface area contributed by atoms with Crippen molar-refractivity contribution in [2.45, 2.75) is 64.8 Å². The summed E-state index contributed by atoms with van der Waals surface area (Å²) in [6, 6.07) is 8.12. The number of amides is 2. The Balaban J connectivity index is 1.89. The molecule has 1 N–H and O–H groups in total. The first-order valence-corrected chi connectivity index (χ1v) is 8.70. The third-order valence-electron chi connectivity index (χ3n) is 4.59. The molecule has 2 amide bonds. The van der Waals surface area contributed by atoms with E-state index in [1.807, 2.05) is 29.2 Å². The van der Waals surface area contributed by atoms with E-state index in [0.29, 0.717) is 12.0 Å². The number of anilines is 1. The van der Waals surface area contributed by atoms with E-state index < -0.39 is 0 Å². The number of likely N-dealkylation sites (tertiary alicyclic amines) is 1. The van der Waals surface area contributed by atoms with Gasteiger partial charge in [-0.1, -0.05) is 32.9 Å². The number of hydrogen-bond acceptors (Lipinski definition) is 2. The van der Waals surface area contributed by atoms with Gasteiger partial charge in [0.1, 0.15) is 6.42 Å². The van der Waals surface area contributed by atoms with Crippen molar-refractivity contribution in [3.63, 3.8) is 0 Å². The van der Waals surface area contributed by atoms with Crippen molar-refractivity contribution < 1.29 is 9.59 Å². The second kappa shape index (κ2) is 8.14. The molecule has 1 aliphatic rings. The predicted molar refractivity (Wildman–Crippen MR) is 93.4 cm³/mol. The fraction of sp³-hybridized carbons (Fsp3) is 0.579. The normalized spacial score (nSPS) is 18.1. The van der Waals surface area contributed by atoms with E-state index in [2.05, 4.69) is 26.1 Å². The van der Waals surface area contributed by atoms with Crippen molar-refractivity contribution in [2.24, 2.45) is 0 Å². The largest absolute Gasteiger partial charge is 0.339 e. The van der Waals surface area contributed by atoms with Crippen LogP contribution in [0.25, 0.3) is 0 Å². The molecule has 4 heteroatoms. The predicted octanol–water partition coefficient (Wildman–Crippen LogP) is 3.93. The minimum Gasteiger partial charge on any atom is -0.339 e. The number of carbonyl (C=O) groups is 2. The summed E-state index contributed by atoms with van der Waals surface area (Å²) < 4.78 is 0. The van der Waals surface area contributed by atoms with E-state index in [1.54, 1.807) is 0 Å². The van der Waals surface area contributed by atoms with Crippen molar-refractivity contribution in [1.29, 1.82) is 0 Å². The Bertz CT molecular complexity index is 537. The van der Waals surface area contributed by atoms with Crippen LogP contribution < -0.4 is 5.32 Å². The molecule has 1 aromatic rings. The SMILES string of the molecule is CCC1CCCCN1C(=O)CC(=O)Nc1ccc(C(C)C)cc1. The van der Waals surface area contributed by atoms with Gasteiger partial charge in [0.05, 0.1) is 0 Å². The summed E-state index contributed by atoms with van der Waals surface area (Å²) in [5.41, 5.74) is 1.98. The zero-order valence-electron chi connectivity index (χ0n) is 14.5. The molecular formula is C19H28N2O2. The minimum absolute atomic E-state index is 0.0483. The Hall–Kier alpha value is -1.84. The van der Waals surface area contributed by atoms with Gasteiger partial charge in [-0.15, -0.1) is 0 Å². The molecule has 1 aliphatic heterocycles. The molecule has 1 atom stereocenters. The summed E-state index contributed by atoms with van der Waals surface area (Å²) in [6.07, 6.45) is 4.17. The van der Waals surface area contributed by atoms with E-state index in [4.69, 9.17) is 0 Å². The molecule has 1 aromatic carbocycles. The van der Waals surface area contributed by atoms with Gasteiger partial charge in [0.2, 0.25) is 11.8 Å². The average Bonchev–Trinajstić information content (AvgIpc) is 2.55. The van der Waals surface area contributed by atoms with Gasteiger partial charge >= 0.3 is 0 Å². The molecule has 1 saturated heterocycles. The number of carbonyl (C=O) groups excluding carboxylic acids is 2. The smallest absolute Gasteiger partial charge is 0.233 e. The Kier molecular flexibility index (Phi) is 6.20. The third-order valence-corrected chi connectivity index (χ3v) is 4.59. The summed E-state index contributed by atoms with van der Waals surface area (Å²) in [7, 11) is 0. The summed E-state index contributed by atoms with van der Waals surface area (Å²) >= 11 is 0.